The fourth-order valence-electron chi connectivity index (χ4n) is 2.73. The molecule has 0 N–H and O–H groups in total. The maximum atomic E-state index is 12.1. The zero-order chi connectivity index (χ0) is 14.6. The first-order valence-corrected chi connectivity index (χ1v) is 8.87. The molecule has 0 bridgehead atoms. The van der Waals surface area contributed by atoms with Crippen LogP contribution in [0, 0.1) is 0 Å². The van der Waals surface area contributed by atoms with E-state index in [0.717, 1.165) is 45.6 Å². The van der Waals surface area contributed by atoms with Gasteiger partial charge in [0, 0.05) is 45.0 Å². The molecule has 1 amide bonds. The van der Waals surface area contributed by atoms with Crippen LogP contribution in [0.25, 0.3) is 0 Å². The van der Waals surface area contributed by atoms with E-state index in [0.29, 0.717) is 11.8 Å². The highest BCUT2D eigenvalue weighted by Crippen LogP contribution is 2.10. The summed E-state index contributed by atoms with van der Waals surface area (Å²) >= 11 is 5.74. The van der Waals surface area contributed by atoms with Crippen molar-refractivity contribution in [3.63, 3.8) is 0 Å². The summed E-state index contributed by atoms with van der Waals surface area (Å²) < 4.78 is 0. The van der Waals surface area contributed by atoms with Crippen molar-refractivity contribution in [2.45, 2.75) is 58.3 Å². The van der Waals surface area contributed by atoms with Crippen molar-refractivity contribution in [2.24, 2.45) is 0 Å². The third-order valence-corrected chi connectivity index (χ3v) is 4.29. The molecule has 0 aliphatic carbocycles. The van der Waals surface area contributed by atoms with E-state index in [9.17, 15) is 4.79 Å². The highest BCUT2D eigenvalue weighted by molar-refractivity contribution is 6.18. The molecule has 3 nitrogen and oxygen atoms in total. The van der Waals surface area contributed by atoms with E-state index in [1.54, 1.807) is 0 Å². The number of amides is 1. The van der Waals surface area contributed by atoms with Crippen molar-refractivity contribution in [3.8, 4) is 0 Å². The quantitative estimate of drug-likeness (QED) is 0.455. The van der Waals surface area contributed by atoms with E-state index >= 15 is 0 Å². The molecule has 0 aromatic heterocycles. The van der Waals surface area contributed by atoms with Gasteiger partial charge in [-0.2, -0.15) is 0 Å². The predicted octanol–water partition coefficient (Wildman–Crippen LogP) is 3.51. The molecule has 0 spiro atoms. The van der Waals surface area contributed by atoms with E-state index in [1.807, 2.05) is 4.90 Å². The van der Waals surface area contributed by atoms with E-state index in [-0.39, 0.29) is 0 Å². The van der Waals surface area contributed by atoms with Crippen LogP contribution in [0.4, 0.5) is 0 Å². The molecule has 4 heteroatoms. The summed E-state index contributed by atoms with van der Waals surface area (Å²) in [5.41, 5.74) is 0. The summed E-state index contributed by atoms with van der Waals surface area (Å²) in [6.07, 6.45) is 9.64. The van der Waals surface area contributed by atoms with Crippen LogP contribution >= 0.6 is 11.6 Å². The highest BCUT2D eigenvalue weighted by Gasteiger charge is 2.19. The number of rotatable bonds is 10. The summed E-state index contributed by atoms with van der Waals surface area (Å²) in [6.45, 7) is 6.91. The van der Waals surface area contributed by atoms with Crippen LogP contribution in [0.3, 0.4) is 0 Å². The molecule has 0 aromatic carbocycles. The normalized spacial score (nSPS) is 16.6. The van der Waals surface area contributed by atoms with E-state index in [2.05, 4.69) is 11.8 Å². The second-order valence-corrected chi connectivity index (χ2v) is 6.16. The first-order valence-electron chi connectivity index (χ1n) is 8.34. The Hall–Kier alpha value is -0.280. The Morgan fingerprint density at radius 1 is 0.950 bits per heavy atom. The number of carbonyl (C=O) groups excluding carboxylic acids is 1. The Morgan fingerprint density at radius 3 is 2.15 bits per heavy atom. The number of carbonyl (C=O) groups is 1. The van der Waals surface area contributed by atoms with Crippen molar-refractivity contribution >= 4 is 17.5 Å². The molecule has 1 aliphatic rings. The topological polar surface area (TPSA) is 23.6 Å². The lowest BCUT2D eigenvalue weighted by molar-refractivity contribution is -0.133. The minimum Gasteiger partial charge on any atom is -0.340 e. The zero-order valence-electron chi connectivity index (χ0n) is 13.1. The summed E-state index contributed by atoms with van der Waals surface area (Å²) in [6, 6.07) is 0. The highest BCUT2D eigenvalue weighted by atomic mass is 35.5. The third-order valence-electron chi connectivity index (χ3n) is 4.12. The molecule has 0 aromatic rings. The second-order valence-electron chi connectivity index (χ2n) is 5.78. The fraction of sp³-hybridized carbons (Fsp3) is 0.938. The lowest BCUT2D eigenvalue weighted by Gasteiger charge is -2.34. The van der Waals surface area contributed by atoms with Gasteiger partial charge in [-0.05, 0) is 6.42 Å². The molecule has 0 atom stereocenters. The first kappa shape index (κ1) is 17.8. The summed E-state index contributed by atoms with van der Waals surface area (Å²) in [4.78, 5) is 16.4. The molecular weight excluding hydrogens is 272 g/mol. The molecule has 118 valence electrons. The average Bonchev–Trinajstić information content (AvgIpc) is 2.47. The van der Waals surface area contributed by atoms with Gasteiger partial charge >= 0.3 is 0 Å². The average molecular weight is 303 g/mol. The van der Waals surface area contributed by atoms with Crippen LogP contribution in [0.2, 0.25) is 0 Å². The molecule has 1 rings (SSSR count). The molecule has 1 heterocycles. The number of hydrogen-bond acceptors (Lipinski definition) is 2. The Bertz CT molecular complexity index is 253. The van der Waals surface area contributed by atoms with Gasteiger partial charge in [-0.25, -0.2) is 0 Å². The van der Waals surface area contributed by atoms with Crippen molar-refractivity contribution in [1.29, 1.82) is 0 Å². The van der Waals surface area contributed by atoms with Crippen LogP contribution in [-0.2, 0) is 4.79 Å². The lowest BCUT2D eigenvalue weighted by atomic mass is 10.1. The summed E-state index contributed by atoms with van der Waals surface area (Å²) in [5.74, 6) is 1.04. The van der Waals surface area contributed by atoms with Gasteiger partial charge in [0.2, 0.25) is 5.91 Å². The third kappa shape index (κ3) is 7.49. The van der Waals surface area contributed by atoms with Gasteiger partial charge in [0.05, 0.1) is 0 Å². The van der Waals surface area contributed by atoms with Gasteiger partial charge in [-0.15, -0.1) is 11.6 Å². The zero-order valence-corrected chi connectivity index (χ0v) is 13.8. The fourth-order valence-corrected chi connectivity index (χ4v) is 2.97. The maximum Gasteiger partial charge on any atom is 0.222 e. The number of unbranched alkanes of at least 4 members (excludes halogenated alkanes) is 6. The maximum absolute atomic E-state index is 12.1. The monoisotopic (exact) mass is 302 g/mol. The lowest BCUT2D eigenvalue weighted by Crippen LogP contribution is -2.49. The first-order chi connectivity index (χ1) is 9.77. The minimum atomic E-state index is 0.351. The molecule has 0 radical (unpaired) electrons. The van der Waals surface area contributed by atoms with E-state index < -0.39 is 0 Å². The van der Waals surface area contributed by atoms with Gasteiger partial charge in [-0.1, -0.05) is 45.4 Å². The Morgan fingerprint density at radius 2 is 1.55 bits per heavy atom. The smallest absolute Gasteiger partial charge is 0.222 e. The summed E-state index contributed by atoms with van der Waals surface area (Å²) in [7, 11) is 0. The molecular formula is C16H31ClN2O. The largest absolute Gasteiger partial charge is 0.340 e. The summed E-state index contributed by atoms with van der Waals surface area (Å²) in [5, 5.41) is 0. The number of nitrogens with zero attached hydrogens (tertiary/aromatic N) is 2. The number of alkyl halides is 1. The van der Waals surface area contributed by atoms with E-state index in [4.69, 9.17) is 11.6 Å². The Kier molecular flexibility index (Phi) is 10.1. The number of hydrogen-bond donors (Lipinski definition) is 0. The Labute approximate surface area is 129 Å². The van der Waals surface area contributed by atoms with E-state index in [1.165, 1.54) is 38.5 Å². The minimum absolute atomic E-state index is 0.351. The van der Waals surface area contributed by atoms with Gasteiger partial charge < -0.3 is 4.90 Å². The van der Waals surface area contributed by atoms with Crippen molar-refractivity contribution in [2.75, 3.05) is 38.6 Å². The van der Waals surface area contributed by atoms with Crippen molar-refractivity contribution in [1.82, 2.24) is 9.80 Å². The van der Waals surface area contributed by atoms with Gasteiger partial charge in [0.15, 0.2) is 0 Å². The number of piperazine rings is 1. The second kappa shape index (κ2) is 11.4. The van der Waals surface area contributed by atoms with Gasteiger partial charge in [0.25, 0.3) is 0 Å². The number of halogens is 1. The van der Waals surface area contributed by atoms with Crippen LogP contribution in [0.5, 0.6) is 0 Å². The standard InChI is InChI=1S/C16H31ClN2O/c1-2-3-4-5-6-7-8-9-16(20)19-14-12-18(11-10-17)13-15-19/h2-15H2,1H3. The van der Waals surface area contributed by atoms with Gasteiger partial charge in [0.1, 0.15) is 0 Å². The van der Waals surface area contributed by atoms with Crippen molar-refractivity contribution < 1.29 is 4.79 Å². The van der Waals surface area contributed by atoms with Crippen LogP contribution in [-0.4, -0.2) is 54.3 Å². The SMILES string of the molecule is CCCCCCCCCC(=O)N1CCN(CCCl)CC1. The van der Waals surface area contributed by atoms with Crippen LogP contribution in [0.1, 0.15) is 58.3 Å². The van der Waals surface area contributed by atoms with Gasteiger partial charge in [-0.3, -0.25) is 9.69 Å². The van der Waals surface area contributed by atoms with Crippen LogP contribution in [0.15, 0.2) is 0 Å². The molecule has 20 heavy (non-hydrogen) atoms. The molecule has 1 fully saturated rings. The van der Waals surface area contributed by atoms with Crippen molar-refractivity contribution in [3.05, 3.63) is 0 Å². The van der Waals surface area contributed by atoms with Crippen LogP contribution < -0.4 is 0 Å². The Balaban J connectivity index is 2.00. The molecule has 1 aliphatic heterocycles. The molecule has 0 saturated carbocycles. The predicted molar refractivity (Wildman–Crippen MR) is 86.4 cm³/mol. The molecule has 0 unspecified atom stereocenters. The molecule has 1 saturated heterocycles.